The molecule has 1 amide bonds. The smallest absolute Gasteiger partial charge is 0.378 e. The Bertz CT molecular complexity index is 890. The minimum Gasteiger partial charge on any atom is -0.378 e. The van der Waals surface area contributed by atoms with Crippen molar-refractivity contribution in [2.45, 2.75) is 19.1 Å². The molecule has 28 heavy (non-hydrogen) atoms. The molecular weight excluding hydrogens is 377 g/mol. The lowest BCUT2D eigenvalue weighted by Crippen LogP contribution is -2.39. The van der Waals surface area contributed by atoms with E-state index >= 15 is 0 Å². The van der Waals surface area contributed by atoms with Gasteiger partial charge in [-0.25, -0.2) is 4.98 Å². The number of nitrogens with one attached hydrogen (secondary N) is 2. The summed E-state index contributed by atoms with van der Waals surface area (Å²) in [6.45, 7) is 3.69. The number of ether oxygens (including phenoxy) is 1. The molecule has 7 nitrogen and oxygen atoms in total. The van der Waals surface area contributed by atoms with Gasteiger partial charge in [0, 0.05) is 19.2 Å². The summed E-state index contributed by atoms with van der Waals surface area (Å²) in [5.41, 5.74) is -0.798. The Labute approximate surface area is 158 Å². The van der Waals surface area contributed by atoms with Crippen molar-refractivity contribution in [2.75, 3.05) is 31.2 Å². The highest BCUT2D eigenvalue weighted by Gasteiger charge is 2.30. The van der Waals surface area contributed by atoms with E-state index in [1.165, 1.54) is 12.1 Å². The molecular formula is C18H19F3N4O3. The van der Waals surface area contributed by atoms with Crippen LogP contribution in [0.25, 0.3) is 0 Å². The van der Waals surface area contributed by atoms with E-state index < -0.39 is 29.2 Å². The van der Waals surface area contributed by atoms with Crippen LogP contribution in [0, 0.1) is 0 Å². The van der Waals surface area contributed by atoms with Gasteiger partial charge in [-0.1, -0.05) is 12.1 Å². The monoisotopic (exact) mass is 396 g/mol. The van der Waals surface area contributed by atoms with E-state index in [2.05, 4.69) is 15.3 Å². The number of anilines is 1. The fraction of sp³-hybridized carbons (Fsp3) is 0.389. The average molecular weight is 396 g/mol. The molecule has 1 aliphatic heterocycles. The average Bonchev–Trinajstić information content (AvgIpc) is 2.67. The Morgan fingerprint density at radius 3 is 2.50 bits per heavy atom. The van der Waals surface area contributed by atoms with Crippen LogP contribution in [0.1, 0.15) is 34.6 Å². The van der Waals surface area contributed by atoms with Gasteiger partial charge in [0.1, 0.15) is 5.69 Å². The lowest BCUT2D eigenvalue weighted by Gasteiger charge is -2.27. The summed E-state index contributed by atoms with van der Waals surface area (Å²) in [6, 6.07) is 5.04. The topological polar surface area (TPSA) is 87.3 Å². The normalized spacial score (nSPS) is 15.9. The van der Waals surface area contributed by atoms with Crippen LogP contribution < -0.4 is 15.8 Å². The summed E-state index contributed by atoms with van der Waals surface area (Å²) < 4.78 is 43.2. The van der Waals surface area contributed by atoms with Crippen molar-refractivity contribution in [1.82, 2.24) is 15.3 Å². The number of morpholine rings is 1. The summed E-state index contributed by atoms with van der Waals surface area (Å²) in [7, 11) is 0. The van der Waals surface area contributed by atoms with Crippen molar-refractivity contribution in [2.24, 2.45) is 0 Å². The van der Waals surface area contributed by atoms with E-state index in [1.54, 1.807) is 11.8 Å². The van der Waals surface area contributed by atoms with Crippen LogP contribution in [-0.4, -0.2) is 42.2 Å². The number of rotatable bonds is 4. The number of nitrogens with zero attached hydrogens (tertiary/aromatic N) is 2. The van der Waals surface area contributed by atoms with Gasteiger partial charge >= 0.3 is 6.18 Å². The van der Waals surface area contributed by atoms with Gasteiger partial charge in [-0.05, 0) is 24.6 Å². The van der Waals surface area contributed by atoms with Crippen LogP contribution in [0.5, 0.6) is 0 Å². The van der Waals surface area contributed by atoms with E-state index in [0.29, 0.717) is 31.9 Å². The molecule has 150 valence electrons. The Kier molecular flexibility index (Phi) is 5.68. The highest BCUT2D eigenvalue weighted by atomic mass is 19.4. The molecule has 0 radical (unpaired) electrons. The second kappa shape index (κ2) is 8.01. The minimum atomic E-state index is -4.42. The molecule has 0 aliphatic carbocycles. The first kappa shape index (κ1) is 19.9. The van der Waals surface area contributed by atoms with Gasteiger partial charge in [-0.3, -0.25) is 14.6 Å². The molecule has 2 heterocycles. The van der Waals surface area contributed by atoms with Crippen molar-refractivity contribution < 1.29 is 22.7 Å². The maximum atomic E-state index is 12.7. The van der Waals surface area contributed by atoms with Gasteiger partial charge in [-0.15, -0.1) is 0 Å². The number of aromatic nitrogens is 2. The number of alkyl halides is 3. The molecule has 10 heteroatoms. The molecule has 0 saturated carbocycles. The van der Waals surface area contributed by atoms with Gasteiger partial charge in [-0.2, -0.15) is 13.2 Å². The molecule has 1 fully saturated rings. The van der Waals surface area contributed by atoms with Gasteiger partial charge in [0.2, 0.25) is 5.95 Å². The molecule has 2 aromatic rings. The van der Waals surface area contributed by atoms with Crippen molar-refractivity contribution in [3.05, 3.63) is 57.5 Å². The SMILES string of the molecule is C[C@@H](NC(=O)c1cc(=O)[nH]c(N2CCOCC2)n1)c1ccc(C(F)(F)F)cc1. The maximum Gasteiger partial charge on any atom is 0.416 e. The number of halogens is 3. The van der Waals surface area contributed by atoms with Crippen LogP contribution in [-0.2, 0) is 10.9 Å². The minimum absolute atomic E-state index is 0.0657. The van der Waals surface area contributed by atoms with E-state index in [0.717, 1.165) is 18.2 Å². The molecule has 1 aromatic heterocycles. The molecule has 1 atom stereocenters. The fourth-order valence-electron chi connectivity index (χ4n) is 2.80. The predicted molar refractivity (Wildman–Crippen MR) is 95.2 cm³/mol. The molecule has 2 N–H and O–H groups in total. The van der Waals surface area contributed by atoms with E-state index in [9.17, 15) is 22.8 Å². The first-order valence-electron chi connectivity index (χ1n) is 8.66. The largest absolute Gasteiger partial charge is 0.416 e. The maximum absolute atomic E-state index is 12.7. The number of hydrogen-bond acceptors (Lipinski definition) is 5. The van der Waals surface area contributed by atoms with Crippen molar-refractivity contribution in [3.8, 4) is 0 Å². The van der Waals surface area contributed by atoms with Crippen LogP contribution in [0.4, 0.5) is 19.1 Å². The molecule has 3 rings (SSSR count). The third kappa shape index (κ3) is 4.69. The predicted octanol–water partition coefficient (Wildman–Crippen LogP) is 2.12. The summed E-state index contributed by atoms with van der Waals surface area (Å²) in [6.07, 6.45) is -4.42. The highest BCUT2D eigenvalue weighted by molar-refractivity contribution is 5.92. The second-order valence-corrected chi connectivity index (χ2v) is 6.37. The van der Waals surface area contributed by atoms with E-state index in [1.807, 2.05) is 0 Å². The summed E-state index contributed by atoms with van der Waals surface area (Å²) >= 11 is 0. The Morgan fingerprint density at radius 2 is 1.89 bits per heavy atom. The zero-order chi connectivity index (χ0) is 20.3. The summed E-state index contributed by atoms with van der Waals surface area (Å²) in [4.78, 5) is 33.0. The van der Waals surface area contributed by atoms with E-state index in [4.69, 9.17) is 4.74 Å². The van der Waals surface area contributed by atoms with Crippen molar-refractivity contribution in [1.29, 1.82) is 0 Å². The number of hydrogen-bond donors (Lipinski definition) is 2. The molecule has 1 aromatic carbocycles. The van der Waals surface area contributed by atoms with Gasteiger partial charge in [0.05, 0.1) is 24.8 Å². The number of amides is 1. The van der Waals surface area contributed by atoms with Crippen LogP contribution in [0.15, 0.2) is 35.1 Å². The molecule has 0 bridgehead atoms. The number of H-pyrrole nitrogens is 1. The first-order chi connectivity index (χ1) is 13.2. The lowest BCUT2D eigenvalue weighted by molar-refractivity contribution is -0.137. The molecule has 1 saturated heterocycles. The number of carbonyl (C=O) groups is 1. The van der Waals surface area contributed by atoms with Crippen LogP contribution >= 0.6 is 0 Å². The highest BCUT2D eigenvalue weighted by Crippen LogP contribution is 2.29. The number of benzene rings is 1. The van der Waals surface area contributed by atoms with Gasteiger partial charge in [0.15, 0.2) is 0 Å². The van der Waals surface area contributed by atoms with Gasteiger partial charge in [0.25, 0.3) is 11.5 Å². The Hall–Kier alpha value is -2.88. The fourth-order valence-corrected chi connectivity index (χ4v) is 2.80. The van der Waals surface area contributed by atoms with Crippen molar-refractivity contribution in [3.63, 3.8) is 0 Å². The number of aromatic amines is 1. The van der Waals surface area contributed by atoms with Crippen LogP contribution in [0.2, 0.25) is 0 Å². The zero-order valence-electron chi connectivity index (χ0n) is 15.0. The van der Waals surface area contributed by atoms with Crippen LogP contribution in [0.3, 0.4) is 0 Å². The Balaban J connectivity index is 1.73. The summed E-state index contributed by atoms with van der Waals surface area (Å²) in [5.74, 6) is -0.309. The molecule has 1 aliphatic rings. The lowest BCUT2D eigenvalue weighted by atomic mass is 10.1. The molecule has 0 spiro atoms. The second-order valence-electron chi connectivity index (χ2n) is 6.37. The van der Waals surface area contributed by atoms with E-state index in [-0.39, 0.29) is 11.6 Å². The zero-order valence-corrected chi connectivity index (χ0v) is 15.0. The standard InChI is InChI=1S/C18H19F3N4O3/c1-11(12-2-4-13(5-3-12)18(19,20)21)22-16(27)14-10-15(26)24-17(23-14)25-6-8-28-9-7-25/h2-5,10-11H,6-9H2,1H3,(H,22,27)(H,23,24,26)/t11-/m1/s1. The van der Waals surface area contributed by atoms with Crippen molar-refractivity contribution >= 4 is 11.9 Å². The third-order valence-corrected chi connectivity index (χ3v) is 4.36. The first-order valence-corrected chi connectivity index (χ1v) is 8.66. The third-order valence-electron chi connectivity index (χ3n) is 4.36. The Morgan fingerprint density at radius 1 is 1.25 bits per heavy atom. The quantitative estimate of drug-likeness (QED) is 0.827. The molecule has 0 unspecified atom stereocenters. The number of carbonyl (C=O) groups excluding carboxylic acids is 1. The van der Waals surface area contributed by atoms with Gasteiger partial charge < -0.3 is 15.0 Å². The summed E-state index contributed by atoms with van der Waals surface area (Å²) in [5, 5.41) is 2.65.